The number of hydrogen-bond donors (Lipinski definition) is 5. The number of likely N-dealkylation sites (N-methyl/N-ethyl adjacent to an activating group) is 1. The molecule has 1 saturated carbocycles. The lowest BCUT2D eigenvalue weighted by molar-refractivity contribution is -0.141. The lowest BCUT2D eigenvalue weighted by Crippen LogP contribution is -2.57. The fraction of sp³-hybridized carbons (Fsp3) is 0.500. The van der Waals surface area contributed by atoms with Gasteiger partial charge < -0.3 is 35.8 Å². The first-order valence-corrected chi connectivity index (χ1v) is 14.0. The van der Waals surface area contributed by atoms with Crippen LogP contribution in [-0.4, -0.2) is 83.3 Å². The van der Waals surface area contributed by atoms with Crippen molar-refractivity contribution in [3.8, 4) is 5.75 Å². The summed E-state index contributed by atoms with van der Waals surface area (Å²) in [5, 5.41) is 29.8. The van der Waals surface area contributed by atoms with Crippen LogP contribution in [0.25, 0.3) is 0 Å². The summed E-state index contributed by atoms with van der Waals surface area (Å²) in [5.41, 5.74) is 1.20. The van der Waals surface area contributed by atoms with Gasteiger partial charge in [-0.3, -0.25) is 14.4 Å². The number of nitrogens with one attached hydrogen (secondary N) is 3. The number of halogens is 1. The highest BCUT2D eigenvalue weighted by molar-refractivity contribution is 5.93. The van der Waals surface area contributed by atoms with E-state index in [0.717, 1.165) is 0 Å². The molecule has 2 aromatic rings. The lowest BCUT2D eigenvalue weighted by Gasteiger charge is -2.31. The zero-order chi connectivity index (χ0) is 29.7. The highest BCUT2D eigenvalue weighted by Crippen LogP contribution is 2.34. The van der Waals surface area contributed by atoms with Crippen molar-refractivity contribution in [1.82, 2.24) is 20.9 Å². The summed E-state index contributed by atoms with van der Waals surface area (Å²) < 4.78 is 19.6. The topological polar surface area (TPSA) is 140 Å². The second-order valence-electron chi connectivity index (χ2n) is 10.9. The smallest absolute Gasteiger partial charge is 0.243 e. The SMILES string of the molecule is C[C@@H]1CN[C@@H](C2CC2O)C(=O)N(C)[C@H](C)C(=O)N[C@H](Cc2ccc(F)cc2)C(=O)NCCC(O)c2ccccc2O1. The molecule has 0 spiro atoms. The first-order valence-electron chi connectivity index (χ1n) is 14.0. The molecule has 11 heteroatoms. The van der Waals surface area contributed by atoms with E-state index < -0.39 is 48.0 Å². The Labute approximate surface area is 239 Å². The van der Waals surface area contributed by atoms with Crippen molar-refractivity contribution in [3.63, 3.8) is 0 Å². The van der Waals surface area contributed by atoms with Gasteiger partial charge in [0, 0.05) is 38.0 Å². The number of nitrogens with zero attached hydrogens (tertiary/aromatic N) is 1. The molecule has 1 fully saturated rings. The van der Waals surface area contributed by atoms with Crippen LogP contribution in [0.5, 0.6) is 5.75 Å². The van der Waals surface area contributed by atoms with Gasteiger partial charge in [0.25, 0.3) is 0 Å². The number of aliphatic hydroxyl groups is 2. The van der Waals surface area contributed by atoms with Crippen LogP contribution in [0, 0.1) is 11.7 Å². The maximum atomic E-state index is 13.5. The number of rotatable bonds is 3. The molecule has 1 aliphatic heterocycles. The van der Waals surface area contributed by atoms with Crippen LogP contribution >= 0.6 is 0 Å². The molecule has 3 amide bonds. The second-order valence-corrected chi connectivity index (χ2v) is 10.9. The fourth-order valence-corrected chi connectivity index (χ4v) is 4.95. The summed E-state index contributed by atoms with van der Waals surface area (Å²) in [6, 6.07) is 10.1. The van der Waals surface area contributed by atoms with Crippen LogP contribution in [0.4, 0.5) is 4.39 Å². The van der Waals surface area contributed by atoms with Gasteiger partial charge in [-0.2, -0.15) is 0 Å². The third kappa shape index (κ3) is 7.81. The minimum absolute atomic E-state index is 0.0950. The van der Waals surface area contributed by atoms with Crippen molar-refractivity contribution >= 4 is 17.7 Å². The molecule has 1 aliphatic carbocycles. The summed E-state index contributed by atoms with van der Waals surface area (Å²) in [7, 11) is 1.51. The predicted molar refractivity (Wildman–Crippen MR) is 149 cm³/mol. The van der Waals surface area contributed by atoms with E-state index in [0.29, 0.717) is 23.3 Å². The number of amides is 3. The van der Waals surface area contributed by atoms with Crippen LogP contribution in [0.2, 0.25) is 0 Å². The summed E-state index contributed by atoms with van der Waals surface area (Å²) in [5.74, 6) is -1.61. The molecular formula is C30H39FN4O6. The van der Waals surface area contributed by atoms with Crippen LogP contribution in [-0.2, 0) is 20.8 Å². The Hall–Kier alpha value is -3.54. The van der Waals surface area contributed by atoms with E-state index in [1.165, 1.54) is 36.2 Å². The molecule has 41 heavy (non-hydrogen) atoms. The molecule has 10 nitrogen and oxygen atoms in total. The average molecular weight is 571 g/mol. The zero-order valence-electron chi connectivity index (χ0n) is 23.5. The number of hydrogen-bond acceptors (Lipinski definition) is 7. The predicted octanol–water partition coefficient (Wildman–Crippen LogP) is 1.06. The van der Waals surface area contributed by atoms with Gasteiger partial charge >= 0.3 is 0 Å². The number of aliphatic hydroxyl groups excluding tert-OH is 2. The normalized spacial score (nSPS) is 30.2. The zero-order valence-corrected chi connectivity index (χ0v) is 23.5. The molecule has 4 rings (SSSR count). The Balaban J connectivity index is 1.60. The Bertz CT molecular complexity index is 1230. The number of ether oxygens (including phenoxy) is 1. The Morgan fingerprint density at radius 2 is 1.71 bits per heavy atom. The van der Waals surface area contributed by atoms with E-state index in [9.17, 15) is 29.0 Å². The highest BCUT2D eigenvalue weighted by atomic mass is 19.1. The van der Waals surface area contributed by atoms with Crippen LogP contribution in [0.15, 0.2) is 48.5 Å². The molecule has 2 aliphatic rings. The largest absolute Gasteiger partial charge is 0.489 e. The first kappa shape index (κ1) is 30.4. The fourth-order valence-electron chi connectivity index (χ4n) is 4.95. The van der Waals surface area contributed by atoms with E-state index in [1.807, 2.05) is 6.92 Å². The van der Waals surface area contributed by atoms with Crippen molar-refractivity contribution in [2.75, 3.05) is 20.1 Å². The van der Waals surface area contributed by atoms with Crippen LogP contribution in [0.1, 0.15) is 43.9 Å². The standard InChI is InChI=1S/C30H39FN4O6/c1-17-16-33-27(22-15-25(22)37)30(40)35(3)18(2)28(38)34-23(14-19-8-10-20(31)11-9-19)29(39)32-13-12-24(36)21-6-4-5-7-26(21)41-17/h4-11,17-18,22-25,27,33,36-37H,12-16H2,1-3H3,(H,32,39)(H,34,38)/t17-,18-,22?,23-,24?,25?,27+/m1/s1. The molecule has 7 atom stereocenters. The number of carbonyl (C=O) groups excluding carboxylic acids is 3. The number of para-hydroxylation sites is 1. The first-order chi connectivity index (χ1) is 19.5. The Morgan fingerprint density at radius 3 is 2.39 bits per heavy atom. The van der Waals surface area contributed by atoms with Gasteiger partial charge in [-0.15, -0.1) is 0 Å². The Kier molecular flexibility index (Phi) is 9.95. The van der Waals surface area contributed by atoms with Gasteiger partial charge in [0.2, 0.25) is 17.7 Å². The third-order valence-electron chi connectivity index (χ3n) is 7.74. The van der Waals surface area contributed by atoms with E-state index in [4.69, 9.17) is 4.74 Å². The van der Waals surface area contributed by atoms with Gasteiger partial charge in [-0.05, 0) is 50.5 Å². The molecule has 0 bridgehead atoms. The van der Waals surface area contributed by atoms with Crippen molar-refractivity contribution in [3.05, 3.63) is 65.5 Å². The van der Waals surface area contributed by atoms with Gasteiger partial charge in [-0.1, -0.05) is 30.3 Å². The minimum atomic E-state index is -1.01. The minimum Gasteiger partial charge on any atom is -0.489 e. The Morgan fingerprint density at radius 1 is 1.02 bits per heavy atom. The van der Waals surface area contributed by atoms with Gasteiger partial charge in [0.1, 0.15) is 29.8 Å². The van der Waals surface area contributed by atoms with Crippen molar-refractivity contribution in [2.24, 2.45) is 5.92 Å². The maximum Gasteiger partial charge on any atom is 0.243 e. The monoisotopic (exact) mass is 570 g/mol. The average Bonchev–Trinajstić information content (AvgIpc) is 3.68. The van der Waals surface area contributed by atoms with Crippen molar-refractivity contribution in [1.29, 1.82) is 0 Å². The molecule has 0 saturated heterocycles. The molecule has 1 heterocycles. The van der Waals surface area contributed by atoms with Gasteiger partial charge in [0.15, 0.2) is 0 Å². The van der Waals surface area contributed by atoms with Gasteiger partial charge in [-0.25, -0.2) is 4.39 Å². The highest BCUT2D eigenvalue weighted by Gasteiger charge is 2.46. The van der Waals surface area contributed by atoms with Crippen molar-refractivity contribution in [2.45, 2.75) is 69.5 Å². The molecule has 2 aromatic carbocycles. The van der Waals surface area contributed by atoms with E-state index in [-0.39, 0.29) is 43.9 Å². The van der Waals surface area contributed by atoms with E-state index in [2.05, 4.69) is 16.0 Å². The van der Waals surface area contributed by atoms with E-state index in [1.54, 1.807) is 31.2 Å². The third-order valence-corrected chi connectivity index (χ3v) is 7.74. The summed E-state index contributed by atoms with van der Waals surface area (Å²) in [4.78, 5) is 41.4. The summed E-state index contributed by atoms with van der Waals surface area (Å²) >= 11 is 0. The quantitative estimate of drug-likeness (QED) is 0.372. The van der Waals surface area contributed by atoms with Gasteiger partial charge in [0.05, 0.1) is 18.2 Å². The van der Waals surface area contributed by atoms with Crippen LogP contribution < -0.4 is 20.7 Å². The molecular weight excluding hydrogens is 531 g/mol. The van der Waals surface area contributed by atoms with E-state index >= 15 is 0 Å². The maximum absolute atomic E-state index is 13.5. The number of benzene rings is 2. The lowest BCUT2D eigenvalue weighted by atomic mass is 10.0. The molecule has 0 aromatic heterocycles. The van der Waals surface area contributed by atoms with Crippen LogP contribution in [0.3, 0.4) is 0 Å². The summed E-state index contributed by atoms with van der Waals surface area (Å²) in [6.45, 7) is 3.81. The summed E-state index contributed by atoms with van der Waals surface area (Å²) in [6.07, 6.45) is -1.18. The molecule has 5 N–H and O–H groups in total. The van der Waals surface area contributed by atoms with Crippen molar-refractivity contribution < 1.29 is 33.7 Å². The number of carbonyl (C=O) groups is 3. The number of fused-ring (bicyclic) bond motifs is 1. The molecule has 222 valence electrons. The molecule has 3 unspecified atom stereocenters. The second kappa shape index (κ2) is 13.4. The molecule has 0 radical (unpaired) electrons.